The highest BCUT2D eigenvalue weighted by Gasteiger charge is 2.16. The second-order valence-electron chi connectivity index (χ2n) is 4.47. The second-order valence-corrected chi connectivity index (χ2v) is 4.47. The van der Waals surface area contributed by atoms with Crippen molar-refractivity contribution in [2.45, 2.75) is 20.3 Å². The fourth-order valence-electron chi connectivity index (χ4n) is 1.82. The molecule has 1 unspecified atom stereocenters. The third-order valence-electron chi connectivity index (χ3n) is 2.87. The van der Waals surface area contributed by atoms with E-state index in [1.807, 2.05) is 31.2 Å². The van der Waals surface area contributed by atoms with Crippen LogP contribution in [0, 0.1) is 17.8 Å². The molecule has 1 aromatic carbocycles. The number of nitrogens with one attached hydrogen (secondary N) is 1. The Labute approximate surface area is 124 Å². The summed E-state index contributed by atoms with van der Waals surface area (Å²) in [5.74, 6) is 4.31. The van der Waals surface area contributed by atoms with E-state index < -0.39 is 17.7 Å². The van der Waals surface area contributed by atoms with Crippen molar-refractivity contribution in [1.29, 1.82) is 0 Å². The van der Waals surface area contributed by atoms with Gasteiger partial charge in [-0.05, 0) is 43.9 Å². The second kappa shape index (κ2) is 8.64. The van der Waals surface area contributed by atoms with Gasteiger partial charge >= 0.3 is 0 Å². The minimum atomic E-state index is -0.467. The van der Waals surface area contributed by atoms with Crippen molar-refractivity contribution < 1.29 is 14.3 Å². The molecule has 5 heteroatoms. The van der Waals surface area contributed by atoms with Crippen molar-refractivity contribution in [3.05, 3.63) is 29.8 Å². The van der Waals surface area contributed by atoms with Crippen molar-refractivity contribution in [2.75, 3.05) is 13.2 Å². The van der Waals surface area contributed by atoms with Gasteiger partial charge in [-0.25, -0.2) is 0 Å². The van der Waals surface area contributed by atoms with E-state index in [4.69, 9.17) is 10.5 Å². The first-order chi connectivity index (χ1) is 10.1. The first-order valence-electron chi connectivity index (χ1n) is 6.78. The fourth-order valence-corrected chi connectivity index (χ4v) is 1.82. The van der Waals surface area contributed by atoms with Crippen molar-refractivity contribution in [3.63, 3.8) is 0 Å². The van der Waals surface area contributed by atoms with Gasteiger partial charge in [-0.1, -0.05) is 18.1 Å². The predicted molar refractivity (Wildman–Crippen MR) is 80.5 cm³/mol. The largest absolute Gasteiger partial charge is 0.494 e. The molecule has 1 atom stereocenters. The molecule has 0 radical (unpaired) electrons. The highest BCUT2D eigenvalue weighted by Crippen LogP contribution is 2.15. The van der Waals surface area contributed by atoms with Crippen LogP contribution >= 0.6 is 0 Å². The highest BCUT2D eigenvalue weighted by atomic mass is 16.5. The summed E-state index contributed by atoms with van der Waals surface area (Å²) in [6, 6.07) is 7.46. The summed E-state index contributed by atoms with van der Waals surface area (Å²) in [5.41, 5.74) is 6.33. The van der Waals surface area contributed by atoms with E-state index in [1.165, 1.54) is 0 Å². The normalized spacial score (nSPS) is 11.0. The first kappa shape index (κ1) is 16.6. The molecule has 0 aliphatic heterocycles. The molecule has 21 heavy (non-hydrogen) atoms. The number of hydrogen-bond acceptors (Lipinski definition) is 3. The third kappa shape index (κ3) is 6.00. The number of carbonyl (C=O) groups excluding carboxylic acids is 2. The SMILES string of the molecule is CC#CC(=O)NCC(Cc1ccc(OCC)cc1)C(N)=O. The molecular formula is C16H20N2O3. The van der Waals surface area contributed by atoms with E-state index in [0.29, 0.717) is 13.0 Å². The molecule has 0 aliphatic carbocycles. The Hall–Kier alpha value is -2.48. The first-order valence-corrected chi connectivity index (χ1v) is 6.78. The number of carbonyl (C=O) groups is 2. The molecule has 0 aromatic heterocycles. The molecule has 112 valence electrons. The average molecular weight is 288 g/mol. The Morgan fingerprint density at radius 3 is 2.52 bits per heavy atom. The van der Waals surface area contributed by atoms with Gasteiger partial charge in [0.2, 0.25) is 5.91 Å². The molecule has 0 fully saturated rings. The molecule has 0 bridgehead atoms. The van der Waals surface area contributed by atoms with Crippen molar-refractivity contribution in [3.8, 4) is 17.6 Å². The summed E-state index contributed by atoms with van der Waals surface area (Å²) in [7, 11) is 0. The summed E-state index contributed by atoms with van der Waals surface area (Å²) in [6.45, 7) is 4.27. The Kier molecular flexibility index (Phi) is 6.82. The van der Waals surface area contributed by atoms with Crippen LogP contribution in [0.25, 0.3) is 0 Å². The van der Waals surface area contributed by atoms with Crippen LogP contribution in [0.4, 0.5) is 0 Å². The molecule has 0 spiro atoms. The maximum absolute atomic E-state index is 11.5. The maximum Gasteiger partial charge on any atom is 0.295 e. The fraction of sp³-hybridized carbons (Fsp3) is 0.375. The molecule has 5 nitrogen and oxygen atoms in total. The Bertz CT molecular complexity index is 541. The smallest absolute Gasteiger partial charge is 0.295 e. The average Bonchev–Trinajstić information content (AvgIpc) is 2.45. The van der Waals surface area contributed by atoms with E-state index in [0.717, 1.165) is 11.3 Å². The molecular weight excluding hydrogens is 268 g/mol. The summed E-state index contributed by atoms with van der Waals surface area (Å²) in [6.07, 6.45) is 0.460. The van der Waals surface area contributed by atoms with Gasteiger partial charge in [-0.15, -0.1) is 0 Å². The quantitative estimate of drug-likeness (QED) is 0.730. The summed E-state index contributed by atoms with van der Waals surface area (Å²) in [5, 5.41) is 2.58. The van der Waals surface area contributed by atoms with E-state index >= 15 is 0 Å². The lowest BCUT2D eigenvalue weighted by Gasteiger charge is -2.13. The van der Waals surface area contributed by atoms with Gasteiger partial charge in [0.15, 0.2) is 0 Å². The van der Waals surface area contributed by atoms with Crippen LogP contribution in [0.5, 0.6) is 5.75 Å². The van der Waals surface area contributed by atoms with Crippen LogP contribution in [0.2, 0.25) is 0 Å². The van der Waals surface area contributed by atoms with Gasteiger partial charge in [0.25, 0.3) is 5.91 Å². The lowest BCUT2D eigenvalue weighted by molar-refractivity contribution is -0.122. The molecule has 0 heterocycles. The number of amides is 2. The molecule has 3 N–H and O–H groups in total. The number of hydrogen-bond donors (Lipinski definition) is 2. The Morgan fingerprint density at radius 1 is 1.33 bits per heavy atom. The minimum Gasteiger partial charge on any atom is -0.494 e. The van der Waals surface area contributed by atoms with Crippen LogP contribution in [0.15, 0.2) is 24.3 Å². The van der Waals surface area contributed by atoms with Crippen LogP contribution < -0.4 is 15.8 Å². The number of primary amides is 1. The number of benzene rings is 1. The van der Waals surface area contributed by atoms with Crippen molar-refractivity contribution in [1.82, 2.24) is 5.32 Å². The molecule has 0 saturated carbocycles. The number of nitrogens with two attached hydrogens (primary N) is 1. The van der Waals surface area contributed by atoms with Crippen LogP contribution in [0.3, 0.4) is 0 Å². The van der Waals surface area contributed by atoms with E-state index in [1.54, 1.807) is 6.92 Å². The van der Waals surface area contributed by atoms with E-state index in [9.17, 15) is 9.59 Å². The highest BCUT2D eigenvalue weighted by molar-refractivity contribution is 5.93. The monoisotopic (exact) mass is 288 g/mol. The molecule has 2 amide bonds. The summed E-state index contributed by atoms with van der Waals surface area (Å²) < 4.78 is 5.36. The van der Waals surface area contributed by atoms with Gasteiger partial charge in [-0.2, -0.15) is 0 Å². The van der Waals surface area contributed by atoms with E-state index in [2.05, 4.69) is 17.2 Å². The van der Waals surface area contributed by atoms with Gasteiger partial charge in [0.05, 0.1) is 12.5 Å². The van der Waals surface area contributed by atoms with Crippen molar-refractivity contribution in [2.24, 2.45) is 11.7 Å². The lowest BCUT2D eigenvalue weighted by Crippen LogP contribution is -2.36. The van der Waals surface area contributed by atoms with Gasteiger partial charge in [0.1, 0.15) is 5.75 Å². The molecule has 1 rings (SSSR count). The molecule has 0 saturated heterocycles. The third-order valence-corrected chi connectivity index (χ3v) is 2.87. The summed E-state index contributed by atoms with van der Waals surface area (Å²) >= 11 is 0. The Balaban J connectivity index is 2.62. The number of rotatable bonds is 7. The van der Waals surface area contributed by atoms with Crippen molar-refractivity contribution >= 4 is 11.8 Å². The van der Waals surface area contributed by atoms with Gasteiger partial charge in [-0.3, -0.25) is 9.59 Å². The number of ether oxygens (including phenoxy) is 1. The summed E-state index contributed by atoms with van der Waals surface area (Å²) in [4.78, 5) is 22.7. The predicted octanol–water partition coefficient (Wildman–Crippen LogP) is 0.869. The van der Waals surface area contributed by atoms with Crippen LogP contribution in [0.1, 0.15) is 19.4 Å². The standard InChI is InChI=1S/C16H20N2O3/c1-3-5-15(19)18-11-13(16(17)20)10-12-6-8-14(9-7-12)21-4-2/h6-9,13H,4,10-11H2,1-2H3,(H2,17,20)(H,18,19). The minimum absolute atomic E-state index is 0.177. The zero-order valence-corrected chi connectivity index (χ0v) is 12.3. The lowest BCUT2D eigenvalue weighted by atomic mass is 9.98. The van der Waals surface area contributed by atoms with Crippen LogP contribution in [-0.4, -0.2) is 25.0 Å². The topological polar surface area (TPSA) is 81.4 Å². The zero-order chi connectivity index (χ0) is 15.7. The van der Waals surface area contributed by atoms with Crippen LogP contribution in [-0.2, 0) is 16.0 Å². The molecule has 1 aromatic rings. The van der Waals surface area contributed by atoms with Gasteiger partial charge < -0.3 is 15.8 Å². The van der Waals surface area contributed by atoms with Gasteiger partial charge in [0, 0.05) is 6.54 Å². The van der Waals surface area contributed by atoms with E-state index in [-0.39, 0.29) is 6.54 Å². The Morgan fingerprint density at radius 2 is 2.00 bits per heavy atom. The maximum atomic E-state index is 11.5. The zero-order valence-electron chi connectivity index (χ0n) is 12.3. The molecule has 0 aliphatic rings.